The van der Waals surface area contributed by atoms with Crippen LogP contribution in [0.2, 0.25) is 0 Å². The zero-order valence-electron chi connectivity index (χ0n) is 29.2. The highest BCUT2D eigenvalue weighted by Gasteiger charge is 2.27. The van der Waals surface area contributed by atoms with Crippen LogP contribution < -0.4 is 11.1 Å². The van der Waals surface area contributed by atoms with Crippen LogP contribution in [0.4, 0.5) is 0 Å². The Morgan fingerprint density at radius 2 is 1.32 bits per heavy atom. The Balaban J connectivity index is 1.08. The lowest BCUT2D eigenvalue weighted by atomic mass is 9.85. The summed E-state index contributed by atoms with van der Waals surface area (Å²) in [6.07, 6.45) is 6.68. The van der Waals surface area contributed by atoms with Crippen molar-refractivity contribution in [1.82, 2.24) is 9.88 Å². The van der Waals surface area contributed by atoms with Crippen molar-refractivity contribution in [2.75, 3.05) is 0 Å². The first-order valence-corrected chi connectivity index (χ1v) is 18.4. The highest BCUT2D eigenvalue weighted by Crippen LogP contribution is 2.44. The molecule has 0 amide bonds. The summed E-state index contributed by atoms with van der Waals surface area (Å²) in [6, 6.07) is 58.6. The first-order chi connectivity index (χ1) is 26.2. The van der Waals surface area contributed by atoms with Crippen LogP contribution in [0.15, 0.2) is 175 Å². The van der Waals surface area contributed by atoms with Gasteiger partial charge in [0.15, 0.2) is 0 Å². The third-order valence-electron chi connectivity index (χ3n) is 11.0. The van der Waals surface area contributed by atoms with Gasteiger partial charge in [0.25, 0.3) is 0 Å². The van der Waals surface area contributed by atoms with Gasteiger partial charge >= 0.3 is 0 Å². The quantitative estimate of drug-likeness (QED) is 0.0999. The minimum atomic E-state index is -0.422. The lowest BCUT2D eigenvalue weighted by Gasteiger charge is -2.30. The summed E-state index contributed by atoms with van der Waals surface area (Å²) >= 11 is 0. The summed E-state index contributed by atoms with van der Waals surface area (Å²) in [7, 11) is 0. The summed E-state index contributed by atoms with van der Waals surface area (Å²) in [6.45, 7) is 0. The molecule has 9 aromatic rings. The van der Waals surface area contributed by atoms with E-state index >= 15 is 0 Å². The van der Waals surface area contributed by atoms with E-state index in [9.17, 15) is 0 Å². The van der Waals surface area contributed by atoms with Gasteiger partial charge in [-0.15, -0.1) is 0 Å². The Kier molecular flexibility index (Phi) is 7.71. The minimum Gasteiger partial charge on any atom is -0.312 e. The number of nitrogens with two attached hydrogens (primary N) is 1. The highest BCUT2D eigenvalue weighted by molar-refractivity contribution is 6.36. The largest absolute Gasteiger partial charge is 0.312 e. The number of hydrogen-bond acceptors (Lipinski definition) is 3. The van der Waals surface area contributed by atoms with Gasteiger partial charge in [-0.3, -0.25) is 10.3 Å². The van der Waals surface area contributed by atoms with E-state index in [-0.39, 0.29) is 12.1 Å². The Bertz CT molecular complexity index is 2860. The summed E-state index contributed by atoms with van der Waals surface area (Å²) in [5.41, 5.74) is 15.1. The zero-order chi connectivity index (χ0) is 35.3. The van der Waals surface area contributed by atoms with Gasteiger partial charge in [0.1, 0.15) is 6.17 Å². The molecule has 3 atom stereocenters. The second-order valence-corrected chi connectivity index (χ2v) is 14.1. The monoisotopic (exact) mass is 682 g/mol. The van der Waals surface area contributed by atoms with Crippen molar-refractivity contribution in [2.45, 2.75) is 24.7 Å². The van der Waals surface area contributed by atoms with Crippen LogP contribution >= 0.6 is 0 Å². The molecule has 8 aromatic carbocycles. The number of aromatic nitrogens is 1. The Morgan fingerprint density at radius 1 is 0.623 bits per heavy atom. The summed E-state index contributed by atoms with van der Waals surface area (Å²) < 4.78 is 2.44. The molecule has 3 N–H and O–H groups in total. The van der Waals surface area contributed by atoms with Crippen LogP contribution in [-0.2, 0) is 0 Å². The number of allylic oxidation sites excluding steroid dienone is 1. The van der Waals surface area contributed by atoms with Crippen molar-refractivity contribution in [2.24, 2.45) is 10.7 Å². The number of para-hydroxylation sites is 1. The van der Waals surface area contributed by atoms with Gasteiger partial charge < -0.3 is 10.3 Å². The van der Waals surface area contributed by atoms with Gasteiger partial charge in [-0.25, -0.2) is 0 Å². The SMILES string of the molecule is NC(NC(/N=C/c1ccccc1)C1CC=Cc2ccccc21)c1ccc(-n2c3ccccc3c3c4c5ccccc5ccc4c4ccccc4c32)cc1. The fourth-order valence-corrected chi connectivity index (χ4v) is 8.55. The first-order valence-electron chi connectivity index (χ1n) is 18.4. The van der Waals surface area contributed by atoms with Crippen LogP contribution in [0.1, 0.15) is 40.8 Å². The summed E-state index contributed by atoms with van der Waals surface area (Å²) in [5.74, 6) is 0.151. The molecule has 3 unspecified atom stereocenters. The standard InChI is InChI=1S/C49H38N4/c50-48(52-49(51-31-32-13-2-1-3-14-32)42-23-12-17-33-15-4-6-18-37(33)42)35-25-28-36(29-26-35)53-44-24-11-10-22-43(44)46-45-38-19-7-5-16-34(38)27-30-40(45)39-20-8-9-21-41(39)47(46)53/h1-22,24-31,42,48-49,52H,23,50H2/b51-31+. The van der Waals surface area contributed by atoms with Crippen molar-refractivity contribution < 1.29 is 0 Å². The van der Waals surface area contributed by atoms with E-state index in [1.807, 2.05) is 24.4 Å². The molecule has 4 heteroatoms. The van der Waals surface area contributed by atoms with E-state index in [2.05, 4.69) is 168 Å². The summed E-state index contributed by atoms with van der Waals surface area (Å²) in [5, 5.41) is 13.9. The van der Waals surface area contributed by atoms with Crippen LogP contribution in [0.3, 0.4) is 0 Å². The van der Waals surface area contributed by atoms with E-state index in [4.69, 9.17) is 10.7 Å². The van der Waals surface area contributed by atoms with E-state index in [1.54, 1.807) is 0 Å². The molecule has 0 saturated carbocycles. The summed E-state index contributed by atoms with van der Waals surface area (Å²) in [4.78, 5) is 5.13. The predicted octanol–water partition coefficient (Wildman–Crippen LogP) is 11.4. The fourth-order valence-electron chi connectivity index (χ4n) is 8.55. The third-order valence-corrected chi connectivity index (χ3v) is 11.0. The van der Waals surface area contributed by atoms with Gasteiger partial charge in [0, 0.05) is 39.4 Å². The van der Waals surface area contributed by atoms with E-state index in [1.165, 1.54) is 65.3 Å². The molecule has 0 spiro atoms. The molecule has 0 aliphatic heterocycles. The molecule has 0 bridgehead atoms. The lowest BCUT2D eigenvalue weighted by molar-refractivity contribution is 0.394. The second kappa shape index (κ2) is 13.0. The van der Waals surface area contributed by atoms with Gasteiger partial charge in [0.2, 0.25) is 0 Å². The normalized spacial score (nSPS) is 15.5. The molecule has 0 radical (unpaired) electrons. The molecule has 1 aliphatic carbocycles. The molecule has 4 nitrogen and oxygen atoms in total. The van der Waals surface area contributed by atoms with Crippen molar-refractivity contribution in [3.05, 3.63) is 192 Å². The maximum absolute atomic E-state index is 7.02. The molecule has 1 aromatic heterocycles. The van der Waals surface area contributed by atoms with Crippen molar-refractivity contribution in [3.63, 3.8) is 0 Å². The molecule has 1 heterocycles. The van der Waals surface area contributed by atoms with Crippen molar-refractivity contribution in [1.29, 1.82) is 0 Å². The average Bonchev–Trinajstić information content (AvgIpc) is 3.58. The van der Waals surface area contributed by atoms with Crippen LogP contribution in [0.5, 0.6) is 0 Å². The van der Waals surface area contributed by atoms with Crippen molar-refractivity contribution in [3.8, 4) is 5.69 Å². The minimum absolute atomic E-state index is 0.151. The lowest BCUT2D eigenvalue weighted by Crippen LogP contribution is -2.40. The molecule has 0 saturated heterocycles. The molecule has 254 valence electrons. The molecular formula is C49H38N4. The Labute approximate surface area is 308 Å². The number of aliphatic imine (C=N–C) groups is 1. The van der Waals surface area contributed by atoms with Crippen LogP contribution in [-0.4, -0.2) is 16.9 Å². The number of benzene rings is 8. The van der Waals surface area contributed by atoms with Crippen molar-refractivity contribution >= 4 is 66.4 Å². The molecule has 1 aliphatic rings. The average molecular weight is 683 g/mol. The number of nitrogens with zero attached hydrogens (tertiary/aromatic N) is 2. The third kappa shape index (κ3) is 5.34. The fraction of sp³-hybridized carbons (Fsp3) is 0.0816. The van der Waals surface area contributed by atoms with Gasteiger partial charge in [-0.2, -0.15) is 0 Å². The highest BCUT2D eigenvalue weighted by atomic mass is 15.1. The number of hydrogen-bond donors (Lipinski definition) is 2. The van der Waals surface area contributed by atoms with Gasteiger partial charge in [-0.1, -0.05) is 158 Å². The Morgan fingerprint density at radius 3 is 2.17 bits per heavy atom. The second-order valence-electron chi connectivity index (χ2n) is 14.1. The number of rotatable bonds is 7. The molecule has 0 fully saturated rings. The predicted molar refractivity (Wildman–Crippen MR) is 224 cm³/mol. The van der Waals surface area contributed by atoms with Gasteiger partial charge in [0.05, 0.1) is 17.2 Å². The van der Waals surface area contributed by atoms with E-state index in [0.717, 1.165) is 23.2 Å². The molecular weight excluding hydrogens is 645 g/mol. The topological polar surface area (TPSA) is 55.3 Å². The van der Waals surface area contributed by atoms with Crippen LogP contribution in [0.25, 0.3) is 65.9 Å². The Hall–Kier alpha value is -6.33. The van der Waals surface area contributed by atoms with Crippen LogP contribution in [0, 0.1) is 0 Å². The molecule has 53 heavy (non-hydrogen) atoms. The van der Waals surface area contributed by atoms with E-state index in [0.29, 0.717) is 0 Å². The zero-order valence-corrected chi connectivity index (χ0v) is 29.2. The smallest absolute Gasteiger partial charge is 0.108 e. The maximum Gasteiger partial charge on any atom is 0.108 e. The first kappa shape index (κ1) is 31.4. The molecule has 10 rings (SSSR count). The maximum atomic E-state index is 7.02. The number of fused-ring (bicyclic) bond motifs is 11. The number of nitrogens with one attached hydrogen (secondary N) is 1. The van der Waals surface area contributed by atoms with E-state index < -0.39 is 6.17 Å². The van der Waals surface area contributed by atoms with Gasteiger partial charge in [-0.05, 0) is 68.4 Å².